The van der Waals surface area contributed by atoms with Crippen LogP contribution in [0.5, 0.6) is 0 Å². The van der Waals surface area contributed by atoms with Crippen molar-refractivity contribution in [3.05, 3.63) is 101 Å². The van der Waals surface area contributed by atoms with Crippen LogP contribution >= 0.6 is 0 Å². The van der Waals surface area contributed by atoms with E-state index in [1.807, 2.05) is 66.8 Å². The smallest absolute Gasteiger partial charge is 0.262 e. The number of nitrogens with zero attached hydrogens (tertiary/aromatic N) is 3. The third-order valence-electron chi connectivity index (χ3n) is 3.99. The molecule has 0 atom stereocenters. The maximum absolute atomic E-state index is 12.2. The zero-order chi connectivity index (χ0) is 19.6. The molecule has 3 aromatic rings. The predicted molar refractivity (Wildman–Crippen MR) is 109 cm³/mol. The number of hydrogen-bond donors (Lipinski definition) is 1. The highest BCUT2D eigenvalue weighted by molar-refractivity contribution is 6.01. The maximum Gasteiger partial charge on any atom is 0.262 e. The number of nitrogens with one attached hydrogen (secondary N) is 1. The summed E-state index contributed by atoms with van der Waals surface area (Å²) in [5.41, 5.74) is 3.86. The number of rotatable bonds is 6. The zero-order valence-corrected chi connectivity index (χ0v) is 15.1. The van der Waals surface area contributed by atoms with E-state index in [2.05, 4.69) is 15.3 Å². The number of carbonyl (C=O) groups excluding carboxylic acids is 1. The van der Waals surface area contributed by atoms with E-state index in [0.717, 1.165) is 22.3 Å². The van der Waals surface area contributed by atoms with Crippen molar-refractivity contribution in [2.45, 2.75) is 6.54 Å². The minimum atomic E-state index is -0.402. The quantitative estimate of drug-likeness (QED) is 0.530. The second-order valence-electron chi connectivity index (χ2n) is 5.99. The highest BCUT2D eigenvalue weighted by Gasteiger charge is 2.08. The molecule has 1 aromatic carbocycles. The second kappa shape index (κ2) is 9.60. The summed E-state index contributed by atoms with van der Waals surface area (Å²) in [4.78, 5) is 20.2. The molecule has 0 saturated carbocycles. The van der Waals surface area contributed by atoms with E-state index in [9.17, 15) is 10.1 Å². The topological polar surface area (TPSA) is 78.7 Å². The zero-order valence-electron chi connectivity index (χ0n) is 15.1. The molecule has 1 N–H and O–H groups in total. The SMILES string of the molecule is N#CC(=Cc1ccc(C=Cc2ccncc2)cc1)C(=O)NCc1ccncc1. The van der Waals surface area contributed by atoms with E-state index in [0.29, 0.717) is 6.54 Å². The highest BCUT2D eigenvalue weighted by Crippen LogP contribution is 2.12. The van der Waals surface area contributed by atoms with E-state index in [4.69, 9.17) is 0 Å². The van der Waals surface area contributed by atoms with E-state index >= 15 is 0 Å². The lowest BCUT2D eigenvalue weighted by Crippen LogP contribution is -2.23. The number of nitriles is 1. The lowest BCUT2D eigenvalue weighted by atomic mass is 10.1. The second-order valence-corrected chi connectivity index (χ2v) is 5.99. The average Bonchev–Trinajstić information content (AvgIpc) is 2.76. The highest BCUT2D eigenvalue weighted by atomic mass is 16.1. The lowest BCUT2D eigenvalue weighted by molar-refractivity contribution is -0.117. The van der Waals surface area contributed by atoms with Crippen molar-refractivity contribution in [2.24, 2.45) is 0 Å². The molecule has 0 aliphatic carbocycles. The van der Waals surface area contributed by atoms with Crippen molar-refractivity contribution in [1.82, 2.24) is 15.3 Å². The fourth-order valence-electron chi connectivity index (χ4n) is 2.46. The van der Waals surface area contributed by atoms with Gasteiger partial charge in [0.05, 0.1) is 0 Å². The monoisotopic (exact) mass is 366 g/mol. The van der Waals surface area contributed by atoms with Crippen molar-refractivity contribution in [3.8, 4) is 6.07 Å². The Morgan fingerprint density at radius 1 is 0.857 bits per heavy atom. The largest absolute Gasteiger partial charge is 0.347 e. The number of aromatic nitrogens is 2. The van der Waals surface area contributed by atoms with Gasteiger partial charge in [-0.3, -0.25) is 14.8 Å². The summed E-state index contributed by atoms with van der Waals surface area (Å²) in [5, 5.41) is 12.1. The van der Waals surface area contributed by atoms with Crippen LogP contribution < -0.4 is 5.32 Å². The first-order valence-corrected chi connectivity index (χ1v) is 8.72. The molecule has 28 heavy (non-hydrogen) atoms. The maximum atomic E-state index is 12.2. The molecule has 0 aliphatic heterocycles. The molecular weight excluding hydrogens is 348 g/mol. The minimum absolute atomic E-state index is 0.0640. The van der Waals surface area contributed by atoms with E-state index < -0.39 is 5.91 Å². The van der Waals surface area contributed by atoms with E-state index in [1.165, 1.54) is 0 Å². The first-order chi connectivity index (χ1) is 13.7. The van der Waals surface area contributed by atoms with Gasteiger partial charge in [0, 0.05) is 31.3 Å². The van der Waals surface area contributed by atoms with Crippen LogP contribution in [-0.2, 0) is 11.3 Å². The van der Waals surface area contributed by atoms with Crippen molar-refractivity contribution in [1.29, 1.82) is 5.26 Å². The van der Waals surface area contributed by atoms with Gasteiger partial charge in [-0.25, -0.2) is 0 Å². The Hall–Kier alpha value is -4.04. The fourth-order valence-corrected chi connectivity index (χ4v) is 2.46. The van der Waals surface area contributed by atoms with Gasteiger partial charge < -0.3 is 5.32 Å². The molecular formula is C23H18N4O. The van der Waals surface area contributed by atoms with Gasteiger partial charge in [0.25, 0.3) is 5.91 Å². The minimum Gasteiger partial charge on any atom is -0.347 e. The fraction of sp³-hybridized carbons (Fsp3) is 0.0435. The normalized spacial score (nSPS) is 11.2. The van der Waals surface area contributed by atoms with Crippen LogP contribution in [0, 0.1) is 11.3 Å². The summed E-state index contributed by atoms with van der Waals surface area (Å²) in [7, 11) is 0. The Bertz CT molecular complexity index is 1020. The lowest BCUT2D eigenvalue weighted by Gasteiger charge is -2.04. The molecule has 3 rings (SSSR count). The third kappa shape index (κ3) is 5.48. The van der Waals surface area contributed by atoms with Crippen LogP contribution in [0.3, 0.4) is 0 Å². The van der Waals surface area contributed by atoms with Gasteiger partial charge >= 0.3 is 0 Å². The third-order valence-corrected chi connectivity index (χ3v) is 3.99. The van der Waals surface area contributed by atoms with Crippen LogP contribution in [0.4, 0.5) is 0 Å². The summed E-state index contributed by atoms with van der Waals surface area (Å²) in [6.45, 7) is 0.346. The summed E-state index contributed by atoms with van der Waals surface area (Å²) in [6.07, 6.45) is 12.4. The van der Waals surface area contributed by atoms with Crippen LogP contribution in [0.2, 0.25) is 0 Å². The van der Waals surface area contributed by atoms with Gasteiger partial charge in [0.15, 0.2) is 0 Å². The number of carbonyl (C=O) groups is 1. The van der Waals surface area contributed by atoms with Crippen LogP contribution in [0.15, 0.2) is 78.9 Å². The molecule has 5 nitrogen and oxygen atoms in total. The Labute approximate surface area is 163 Å². The molecule has 2 aromatic heterocycles. The number of amides is 1. The Kier molecular flexibility index (Phi) is 6.43. The summed E-state index contributed by atoms with van der Waals surface area (Å²) in [5.74, 6) is -0.402. The van der Waals surface area contributed by atoms with Gasteiger partial charge in [0.2, 0.25) is 0 Å². The van der Waals surface area contributed by atoms with Crippen LogP contribution in [-0.4, -0.2) is 15.9 Å². The van der Waals surface area contributed by atoms with E-state index in [1.54, 1.807) is 30.9 Å². The Morgan fingerprint density at radius 2 is 1.39 bits per heavy atom. The van der Waals surface area contributed by atoms with Crippen LogP contribution in [0.1, 0.15) is 22.3 Å². The standard InChI is InChI=1S/C23H18N4O/c24-16-22(23(28)27-17-21-9-13-26-14-10-21)15-20-5-3-18(4-6-20)1-2-19-7-11-25-12-8-19/h1-15H,17H2,(H,27,28). The molecule has 0 saturated heterocycles. The first kappa shape index (κ1) is 18.7. The Balaban J connectivity index is 1.64. The van der Waals surface area contributed by atoms with Crippen LogP contribution in [0.25, 0.3) is 18.2 Å². The Morgan fingerprint density at radius 3 is 2.00 bits per heavy atom. The van der Waals surface area contributed by atoms with E-state index in [-0.39, 0.29) is 5.57 Å². The molecule has 0 aliphatic rings. The molecule has 0 radical (unpaired) electrons. The van der Waals surface area contributed by atoms with Gasteiger partial charge in [-0.15, -0.1) is 0 Å². The van der Waals surface area contributed by atoms with Gasteiger partial charge in [-0.1, -0.05) is 36.4 Å². The number of benzene rings is 1. The first-order valence-electron chi connectivity index (χ1n) is 8.72. The predicted octanol–water partition coefficient (Wildman–Crippen LogP) is 3.87. The molecule has 2 heterocycles. The van der Waals surface area contributed by atoms with Gasteiger partial charge in [-0.05, 0) is 52.6 Å². The average molecular weight is 366 g/mol. The molecule has 0 spiro atoms. The molecule has 1 amide bonds. The summed E-state index contributed by atoms with van der Waals surface area (Å²) >= 11 is 0. The van der Waals surface area contributed by atoms with Crippen molar-refractivity contribution >= 4 is 24.1 Å². The van der Waals surface area contributed by atoms with Crippen molar-refractivity contribution in [2.75, 3.05) is 0 Å². The summed E-state index contributed by atoms with van der Waals surface area (Å²) in [6, 6.07) is 17.1. The van der Waals surface area contributed by atoms with Crippen molar-refractivity contribution in [3.63, 3.8) is 0 Å². The summed E-state index contributed by atoms with van der Waals surface area (Å²) < 4.78 is 0. The molecule has 0 fully saturated rings. The molecule has 0 bridgehead atoms. The van der Waals surface area contributed by atoms with Gasteiger partial charge in [0.1, 0.15) is 11.6 Å². The molecule has 0 unspecified atom stereocenters. The number of pyridine rings is 2. The van der Waals surface area contributed by atoms with Crippen molar-refractivity contribution < 1.29 is 4.79 Å². The molecule has 5 heteroatoms. The molecule has 136 valence electrons. The number of hydrogen-bond acceptors (Lipinski definition) is 4. The van der Waals surface area contributed by atoms with Gasteiger partial charge in [-0.2, -0.15) is 5.26 Å².